The molecular formula is C11H22N2. The van der Waals surface area contributed by atoms with Gasteiger partial charge in [0, 0.05) is 19.0 Å². The molecule has 13 heavy (non-hydrogen) atoms. The van der Waals surface area contributed by atoms with E-state index in [-0.39, 0.29) is 0 Å². The molecule has 1 saturated heterocycles. The summed E-state index contributed by atoms with van der Waals surface area (Å²) < 4.78 is 0. The number of nitrogens with zero attached hydrogens (tertiary/aromatic N) is 1. The van der Waals surface area contributed by atoms with Crippen LogP contribution in [0.2, 0.25) is 0 Å². The molecule has 0 aromatic carbocycles. The number of amidine groups is 1. The molecule has 0 bridgehead atoms. The monoisotopic (exact) mass is 182 g/mol. The van der Waals surface area contributed by atoms with Crippen LogP contribution < -0.4 is 0 Å². The third-order valence-electron chi connectivity index (χ3n) is 3.00. The highest BCUT2D eigenvalue weighted by molar-refractivity contribution is 5.80. The van der Waals surface area contributed by atoms with Gasteiger partial charge in [0.05, 0.1) is 5.84 Å². The van der Waals surface area contributed by atoms with Gasteiger partial charge in [0.1, 0.15) is 0 Å². The van der Waals surface area contributed by atoms with Crippen molar-refractivity contribution in [1.82, 2.24) is 4.90 Å². The maximum Gasteiger partial charge on any atom is 0.0960 e. The van der Waals surface area contributed by atoms with Crippen LogP contribution in [0.4, 0.5) is 0 Å². The molecule has 1 aliphatic rings. The summed E-state index contributed by atoms with van der Waals surface area (Å²) in [5, 5.41) is 7.90. The Bertz CT molecular complexity index is 175. The van der Waals surface area contributed by atoms with Crippen LogP contribution in [-0.4, -0.2) is 23.3 Å². The first-order chi connectivity index (χ1) is 6.16. The minimum Gasteiger partial charge on any atom is -0.357 e. The highest BCUT2D eigenvalue weighted by atomic mass is 15.2. The Kier molecular flexibility index (Phi) is 3.76. The van der Waals surface area contributed by atoms with Crippen LogP contribution in [0.1, 0.15) is 46.5 Å². The summed E-state index contributed by atoms with van der Waals surface area (Å²) in [5.74, 6) is 1.54. The molecule has 0 saturated carbocycles. The SMILES string of the molecule is CCC(C(C)C)N1CCCCC1=N. The van der Waals surface area contributed by atoms with Crippen molar-refractivity contribution in [1.29, 1.82) is 5.41 Å². The summed E-state index contributed by atoms with van der Waals surface area (Å²) in [6.07, 6.45) is 4.64. The van der Waals surface area contributed by atoms with Gasteiger partial charge < -0.3 is 4.90 Å². The van der Waals surface area contributed by atoms with Crippen molar-refractivity contribution in [3.05, 3.63) is 0 Å². The molecule has 2 nitrogen and oxygen atoms in total. The summed E-state index contributed by atoms with van der Waals surface area (Å²) in [6, 6.07) is 0.591. The van der Waals surface area contributed by atoms with Gasteiger partial charge in [-0.1, -0.05) is 20.8 Å². The van der Waals surface area contributed by atoms with Gasteiger partial charge in [-0.05, 0) is 25.2 Å². The molecule has 1 atom stereocenters. The highest BCUT2D eigenvalue weighted by Gasteiger charge is 2.24. The third-order valence-corrected chi connectivity index (χ3v) is 3.00. The topological polar surface area (TPSA) is 27.1 Å². The smallest absolute Gasteiger partial charge is 0.0960 e. The fourth-order valence-corrected chi connectivity index (χ4v) is 2.27. The zero-order valence-corrected chi connectivity index (χ0v) is 9.14. The van der Waals surface area contributed by atoms with Crippen LogP contribution in [0.15, 0.2) is 0 Å². The summed E-state index contributed by atoms with van der Waals surface area (Å²) in [5.41, 5.74) is 0. The van der Waals surface area contributed by atoms with E-state index in [0.717, 1.165) is 18.8 Å². The summed E-state index contributed by atoms with van der Waals surface area (Å²) in [7, 11) is 0. The van der Waals surface area contributed by atoms with E-state index in [1.54, 1.807) is 0 Å². The van der Waals surface area contributed by atoms with Gasteiger partial charge in [0.15, 0.2) is 0 Å². The zero-order chi connectivity index (χ0) is 9.84. The number of likely N-dealkylation sites (tertiary alicyclic amines) is 1. The number of nitrogens with one attached hydrogen (secondary N) is 1. The Morgan fingerprint density at radius 1 is 1.38 bits per heavy atom. The number of rotatable bonds is 3. The highest BCUT2D eigenvalue weighted by Crippen LogP contribution is 2.20. The van der Waals surface area contributed by atoms with Crippen molar-refractivity contribution in [2.75, 3.05) is 6.54 Å². The van der Waals surface area contributed by atoms with Gasteiger partial charge in [-0.25, -0.2) is 0 Å². The van der Waals surface area contributed by atoms with E-state index in [0.29, 0.717) is 12.0 Å². The Morgan fingerprint density at radius 3 is 2.54 bits per heavy atom. The predicted molar refractivity (Wildman–Crippen MR) is 57.2 cm³/mol. The fourth-order valence-electron chi connectivity index (χ4n) is 2.27. The summed E-state index contributed by atoms with van der Waals surface area (Å²) in [6.45, 7) is 7.86. The normalized spacial score (nSPS) is 20.9. The predicted octanol–water partition coefficient (Wildman–Crippen LogP) is 2.88. The van der Waals surface area contributed by atoms with E-state index in [9.17, 15) is 0 Å². The lowest BCUT2D eigenvalue weighted by Crippen LogP contribution is -2.45. The van der Waals surface area contributed by atoms with Gasteiger partial charge in [0.25, 0.3) is 0 Å². The molecule has 0 amide bonds. The summed E-state index contributed by atoms with van der Waals surface area (Å²) >= 11 is 0. The van der Waals surface area contributed by atoms with Gasteiger partial charge in [-0.2, -0.15) is 0 Å². The average Bonchev–Trinajstić information content (AvgIpc) is 2.09. The van der Waals surface area contributed by atoms with Gasteiger partial charge >= 0.3 is 0 Å². The third kappa shape index (κ3) is 2.45. The van der Waals surface area contributed by atoms with Crippen LogP contribution >= 0.6 is 0 Å². The molecule has 0 aliphatic carbocycles. The minimum atomic E-state index is 0.591. The van der Waals surface area contributed by atoms with Gasteiger partial charge in [0.2, 0.25) is 0 Å². The lowest BCUT2D eigenvalue weighted by molar-refractivity contribution is 0.219. The lowest BCUT2D eigenvalue weighted by atomic mass is 9.97. The molecule has 1 fully saturated rings. The second kappa shape index (κ2) is 4.64. The van der Waals surface area contributed by atoms with Crippen molar-refractivity contribution < 1.29 is 0 Å². The molecule has 1 N–H and O–H groups in total. The number of piperidine rings is 1. The zero-order valence-electron chi connectivity index (χ0n) is 9.14. The van der Waals surface area contributed by atoms with Crippen molar-refractivity contribution in [2.45, 2.75) is 52.5 Å². The van der Waals surface area contributed by atoms with E-state index in [4.69, 9.17) is 5.41 Å². The molecular weight excluding hydrogens is 160 g/mol. The van der Waals surface area contributed by atoms with Crippen LogP contribution in [0.5, 0.6) is 0 Å². The van der Waals surface area contributed by atoms with E-state index in [1.807, 2.05) is 0 Å². The molecule has 2 heteroatoms. The second-order valence-corrected chi connectivity index (χ2v) is 4.32. The van der Waals surface area contributed by atoms with Crippen molar-refractivity contribution in [2.24, 2.45) is 5.92 Å². The molecule has 0 radical (unpaired) electrons. The fraction of sp³-hybridized carbons (Fsp3) is 0.909. The van der Waals surface area contributed by atoms with Crippen LogP contribution in [-0.2, 0) is 0 Å². The van der Waals surface area contributed by atoms with Gasteiger partial charge in [-0.15, -0.1) is 0 Å². The minimum absolute atomic E-state index is 0.591. The van der Waals surface area contributed by atoms with Crippen molar-refractivity contribution in [3.63, 3.8) is 0 Å². The molecule has 76 valence electrons. The molecule has 1 rings (SSSR count). The quantitative estimate of drug-likeness (QED) is 0.714. The summed E-state index contributed by atoms with van der Waals surface area (Å²) in [4.78, 5) is 2.31. The average molecular weight is 182 g/mol. The molecule has 0 aromatic heterocycles. The lowest BCUT2D eigenvalue weighted by Gasteiger charge is -2.38. The van der Waals surface area contributed by atoms with Crippen LogP contribution in [0.3, 0.4) is 0 Å². The van der Waals surface area contributed by atoms with Gasteiger partial charge in [-0.3, -0.25) is 5.41 Å². The number of hydrogen-bond acceptors (Lipinski definition) is 1. The maximum absolute atomic E-state index is 7.90. The molecule has 0 spiro atoms. The largest absolute Gasteiger partial charge is 0.357 e. The Morgan fingerprint density at radius 2 is 2.08 bits per heavy atom. The Balaban J connectivity index is 2.60. The van der Waals surface area contributed by atoms with Crippen molar-refractivity contribution >= 4 is 5.84 Å². The van der Waals surface area contributed by atoms with E-state index in [1.165, 1.54) is 19.3 Å². The Labute approximate surface area is 81.8 Å². The molecule has 1 heterocycles. The van der Waals surface area contributed by atoms with E-state index < -0.39 is 0 Å². The van der Waals surface area contributed by atoms with Crippen LogP contribution in [0, 0.1) is 11.3 Å². The Hall–Kier alpha value is -0.530. The van der Waals surface area contributed by atoms with E-state index in [2.05, 4.69) is 25.7 Å². The first-order valence-electron chi connectivity index (χ1n) is 5.50. The first kappa shape index (κ1) is 10.6. The first-order valence-corrected chi connectivity index (χ1v) is 5.50. The number of hydrogen-bond donors (Lipinski definition) is 1. The molecule has 1 unspecified atom stereocenters. The van der Waals surface area contributed by atoms with E-state index >= 15 is 0 Å². The van der Waals surface area contributed by atoms with Crippen LogP contribution in [0.25, 0.3) is 0 Å². The molecule has 0 aromatic rings. The maximum atomic E-state index is 7.90. The second-order valence-electron chi connectivity index (χ2n) is 4.32. The standard InChI is InChI=1S/C11H22N2/c1-4-10(9(2)3)13-8-6-5-7-11(13)12/h9-10,12H,4-8H2,1-3H3. The van der Waals surface area contributed by atoms with Crippen molar-refractivity contribution in [3.8, 4) is 0 Å². The molecule has 1 aliphatic heterocycles.